The van der Waals surface area contributed by atoms with Crippen LogP contribution in [0.2, 0.25) is 0 Å². The number of sulfone groups is 1. The summed E-state index contributed by atoms with van der Waals surface area (Å²) in [5.74, 6) is 0.132. The maximum absolute atomic E-state index is 11.4. The standard InChI is InChI=1S/C23H43NO3S2/c1-2-3-4-5-6-7-8-9-10-11-12-13-14-15-16-17-19-27-23(28)24-22-18-20-29(25,26)21-22/h18H,2-17,19-21H2,1H3,(H,24,28). The Balaban J connectivity index is 1.76. The van der Waals surface area contributed by atoms with Crippen LogP contribution in [0.15, 0.2) is 11.8 Å². The van der Waals surface area contributed by atoms with E-state index in [9.17, 15) is 8.42 Å². The quantitative estimate of drug-likeness (QED) is 0.194. The fourth-order valence-electron chi connectivity index (χ4n) is 3.65. The molecule has 0 radical (unpaired) electrons. The molecule has 29 heavy (non-hydrogen) atoms. The third kappa shape index (κ3) is 15.8. The molecule has 0 amide bonds. The maximum atomic E-state index is 11.4. The Morgan fingerprint density at radius 3 is 1.72 bits per heavy atom. The highest BCUT2D eigenvalue weighted by molar-refractivity contribution is 7.92. The molecular formula is C23H43NO3S2. The average molecular weight is 446 g/mol. The smallest absolute Gasteiger partial charge is 0.260 e. The first-order valence-corrected chi connectivity index (χ1v) is 14.1. The Morgan fingerprint density at radius 1 is 0.862 bits per heavy atom. The van der Waals surface area contributed by atoms with E-state index < -0.39 is 9.84 Å². The van der Waals surface area contributed by atoms with Crippen LogP contribution in [0.25, 0.3) is 0 Å². The molecule has 0 bridgehead atoms. The molecule has 1 aliphatic heterocycles. The summed E-state index contributed by atoms with van der Waals surface area (Å²) >= 11 is 5.11. The van der Waals surface area contributed by atoms with Gasteiger partial charge in [0.25, 0.3) is 5.17 Å². The number of rotatable bonds is 18. The summed E-state index contributed by atoms with van der Waals surface area (Å²) in [6.07, 6.45) is 23.2. The number of ether oxygens (including phenoxy) is 1. The molecule has 0 aliphatic carbocycles. The highest BCUT2D eigenvalue weighted by Gasteiger charge is 2.20. The normalized spacial score (nSPS) is 15.3. The number of unbranched alkanes of at least 4 members (excludes halogenated alkanes) is 15. The Hall–Kier alpha value is -0.620. The molecule has 0 aromatic carbocycles. The summed E-state index contributed by atoms with van der Waals surface area (Å²) < 4.78 is 28.2. The van der Waals surface area contributed by atoms with Gasteiger partial charge in [0.2, 0.25) is 0 Å². The summed E-state index contributed by atoms with van der Waals surface area (Å²) in [5, 5.41) is 3.17. The first-order valence-electron chi connectivity index (χ1n) is 11.9. The van der Waals surface area contributed by atoms with Crippen LogP contribution in [0.4, 0.5) is 0 Å². The zero-order valence-electron chi connectivity index (χ0n) is 18.6. The summed E-state index contributed by atoms with van der Waals surface area (Å²) in [5.41, 5.74) is 0.641. The SMILES string of the molecule is CCCCCCCCCCCCCCCCCCOC(=S)NC1=CCS(=O)(=O)C1. The van der Waals surface area contributed by atoms with Crippen molar-refractivity contribution in [3.8, 4) is 0 Å². The molecule has 0 unspecified atom stereocenters. The van der Waals surface area contributed by atoms with Crippen molar-refractivity contribution in [1.29, 1.82) is 0 Å². The van der Waals surface area contributed by atoms with Gasteiger partial charge in [-0.2, -0.15) is 0 Å². The van der Waals surface area contributed by atoms with Crippen LogP contribution in [0, 0.1) is 0 Å². The van der Waals surface area contributed by atoms with Crippen molar-refractivity contribution in [2.24, 2.45) is 0 Å². The number of thiocarbonyl (C=S) groups is 1. The van der Waals surface area contributed by atoms with Crippen molar-refractivity contribution in [3.63, 3.8) is 0 Å². The lowest BCUT2D eigenvalue weighted by Crippen LogP contribution is -2.25. The van der Waals surface area contributed by atoms with E-state index in [-0.39, 0.29) is 16.7 Å². The van der Waals surface area contributed by atoms with E-state index in [1.807, 2.05) is 0 Å². The molecule has 0 fully saturated rings. The van der Waals surface area contributed by atoms with Gasteiger partial charge in [0.05, 0.1) is 18.1 Å². The molecule has 1 rings (SSSR count). The van der Waals surface area contributed by atoms with Gasteiger partial charge in [-0.3, -0.25) is 0 Å². The van der Waals surface area contributed by atoms with Crippen LogP contribution in [0.1, 0.15) is 110 Å². The second-order valence-electron chi connectivity index (χ2n) is 8.35. The van der Waals surface area contributed by atoms with Crippen molar-refractivity contribution >= 4 is 27.2 Å². The van der Waals surface area contributed by atoms with Gasteiger partial charge in [0.15, 0.2) is 9.84 Å². The Bertz CT molecular complexity index is 558. The largest absolute Gasteiger partial charge is 0.471 e. The third-order valence-corrected chi connectivity index (χ3v) is 7.10. The van der Waals surface area contributed by atoms with E-state index in [0.717, 1.165) is 12.8 Å². The highest BCUT2D eigenvalue weighted by atomic mass is 32.2. The second kappa shape index (κ2) is 17.1. The van der Waals surface area contributed by atoms with E-state index in [1.54, 1.807) is 6.08 Å². The molecule has 4 nitrogen and oxygen atoms in total. The third-order valence-electron chi connectivity index (χ3n) is 5.45. The van der Waals surface area contributed by atoms with Gasteiger partial charge in [0.1, 0.15) is 0 Å². The minimum Gasteiger partial charge on any atom is -0.471 e. The van der Waals surface area contributed by atoms with Gasteiger partial charge in [-0.1, -0.05) is 103 Å². The summed E-state index contributed by atoms with van der Waals surface area (Å²) in [7, 11) is -2.96. The van der Waals surface area contributed by atoms with Crippen molar-refractivity contribution in [2.45, 2.75) is 110 Å². The van der Waals surface area contributed by atoms with Gasteiger partial charge in [0, 0.05) is 5.70 Å². The molecule has 0 spiro atoms. The predicted octanol–water partition coefficient (Wildman–Crippen LogP) is 6.45. The number of hydrogen-bond donors (Lipinski definition) is 1. The molecule has 6 heteroatoms. The van der Waals surface area contributed by atoms with Crippen molar-refractivity contribution in [2.75, 3.05) is 18.1 Å². The lowest BCUT2D eigenvalue weighted by atomic mass is 10.0. The molecule has 0 saturated heterocycles. The van der Waals surface area contributed by atoms with Crippen molar-refractivity contribution in [1.82, 2.24) is 5.32 Å². The van der Waals surface area contributed by atoms with Gasteiger partial charge >= 0.3 is 0 Å². The summed E-state index contributed by atoms with van der Waals surface area (Å²) in [6, 6.07) is 0. The summed E-state index contributed by atoms with van der Waals surface area (Å²) in [4.78, 5) is 0. The molecule has 1 heterocycles. The first-order chi connectivity index (χ1) is 14.0. The lowest BCUT2D eigenvalue weighted by Gasteiger charge is -2.10. The fourth-order valence-corrected chi connectivity index (χ4v) is 5.10. The number of nitrogens with one attached hydrogen (secondary N) is 1. The molecule has 1 N–H and O–H groups in total. The van der Waals surface area contributed by atoms with E-state index in [4.69, 9.17) is 17.0 Å². The lowest BCUT2D eigenvalue weighted by molar-refractivity contribution is 0.289. The van der Waals surface area contributed by atoms with Crippen LogP contribution in [0.3, 0.4) is 0 Å². The van der Waals surface area contributed by atoms with Gasteiger partial charge in [-0.15, -0.1) is 0 Å². The minimum atomic E-state index is -2.96. The highest BCUT2D eigenvalue weighted by Crippen LogP contribution is 2.14. The van der Waals surface area contributed by atoms with Crippen LogP contribution in [0.5, 0.6) is 0 Å². The average Bonchev–Trinajstić information content (AvgIpc) is 3.02. The van der Waals surface area contributed by atoms with Crippen LogP contribution >= 0.6 is 12.2 Å². The molecule has 0 aromatic heterocycles. The number of hydrogen-bond acceptors (Lipinski definition) is 4. The second-order valence-corrected chi connectivity index (χ2v) is 10.8. The van der Waals surface area contributed by atoms with E-state index in [1.165, 1.54) is 89.9 Å². The molecule has 0 saturated carbocycles. The molecule has 0 atom stereocenters. The Kier molecular flexibility index (Phi) is 15.6. The summed E-state index contributed by atoms with van der Waals surface area (Å²) in [6.45, 7) is 2.88. The molecular weight excluding hydrogens is 402 g/mol. The van der Waals surface area contributed by atoms with Crippen LogP contribution in [-0.4, -0.2) is 31.7 Å². The zero-order valence-corrected chi connectivity index (χ0v) is 20.2. The van der Waals surface area contributed by atoms with Gasteiger partial charge < -0.3 is 10.1 Å². The maximum Gasteiger partial charge on any atom is 0.260 e. The first kappa shape index (κ1) is 26.4. The topological polar surface area (TPSA) is 55.4 Å². The van der Waals surface area contributed by atoms with Gasteiger partial charge in [-0.25, -0.2) is 8.42 Å². The van der Waals surface area contributed by atoms with Gasteiger partial charge in [-0.05, 0) is 24.7 Å². The van der Waals surface area contributed by atoms with Crippen molar-refractivity contribution < 1.29 is 13.2 Å². The van der Waals surface area contributed by atoms with Crippen LogP contribution < -0.4 is 5.32 Å². The fraction of sp³-hybridized carbons (Fsp3) is 0.870. The van der Waals surface area contributed by atoms with E-state index >= 15 is 0 Å². The monoisotopic (exact) mass is 445 g/mol. The predicted molar refractivity (Wildman–Crippen MR) is 128 cm³/mol. The van der Waals surface area contributed by atoms with Crippen LogP contribution in [-0.2, 0) is 14.6 Å². The zero-order chi connectivity index (χ0) is 21.2. The Morgan fingerprint density at radius 2 is 1.31 bits per heavy atom. The molecule has 0 aromatic rings. The van der Waals surface area contributed by atoms with E-state index in [2.05, 4.69) is 12.2 Å². The minimum absolute atomic E-state index is 0.0372. The van der Waals surface area contributed by atoms with E-state index in [0.29, 0.717) is 12.3 Å². The Labute approximate surface area is 185 Å². The molecule has 170 valence electrons. The van der Waals surface area contributed by atoms with Crippen molar-refractivity contribution in [3.05, 3.63) is 11.8 Å². The molecule has 1 aliphatic rings.